The highest BCUT2D eigenvalue weighted by Gasteiger charge is 2.27. The fourth-order valence-electron chi connectivity index (χ4n) is 8.12. The molecule has 0 fully saturated rings. The maximum atomic E-state index is 5.51. The van der Waals surface area contributed by atoms with Gasteiger partial charge in [0.1, 0.15) is 17.3 Å². The molecule has 6 aromatic carbocycles. The molecular formula is C52H39N5. The molecule has 9 aromatic rings. The van der Waals surface area contributed by atoms with E-state index in [0.29, 0.717) is 0 Å². The molecule has 5 nitrogen and oxygen atoms in total. The van der Waals surface area contributed by atoms with Crippen molar-refractivity contribution in [1.82, 2.24) is 23.9 Å². The maximum absolute atomic E-state index is 5.51. The molecule has 1 aliphatic carbocycles. The lowest BCUT2D eigenvalue weighted by molar-refractivity contribution is 0.941. The summed E-state index contributed by atoms with van der Waals surface area (Å²) in [7, 11) is 0. The van der Waals surface area contributed by atoms with E-state index in [1.54, 1.807) is 0 Å². The van der Waals surface area contributed by atoms with Crippen molar-refractivity contribution in [2.75, 3.05) is 0 Å². The minimum absolute atomic E-state index is 0.853. The molecule has 0 N–H and O–H groups in total. The van der Waals surface area contributed by atoms with Crippen LogP contribution in [-0.2, 0) is 6.42 Å². The van der Waals surface area contributed by atoms with Crippen LogP contribution in [0.3, 0.4) is 0 Å². The Bertz CT molecular complexity index is 2940. The van der Waals surface area contributed by atoms with Crippen molar-refractivity contribution in [3.05, 3.63) is 205 Å². The number of nitrogens with zero attached hydrogens (tertiary/aromatic N) is 5. The topological polar surface area (TPSA) is 48.0 Å². The van der Waals surface area contributed by atoms with Gasteiger partial charge in [0, 0.05) is 44.6 Å². The fraction of sp³-hybridized carbons (Fsp3) is 0.0577. The average Bonchev–Trinajstić information content (AvgIpc) is 3.88. The highest BCUT2D eigenvalue weighted by Crippen LogP contribution is 2.42. The number of imidazole rings is 2. The second-order valence-corrected chi connectivity index (χ2v) is 14.5. The molecule has 0 amide bonds. The van der Waals surface area contributed by atoms with Crippen molar-refractivity contribution in [3.63, 3.8) is 0 Å². The Labute approximate surface area is 332 Å². The molecule has 0 unspecified atom stereocenters. The molecule has 10 rings (SSSR count). The van der Waals surface area contributed by atoms with Gasteiger partial charge in [-0.15, -0.1) is 0 Å². The molecule has 0 aliphatic heterocycles. The molecule has 1 aliphatic rings. The summed E-state index contributed by atoms with van der Waals surface area (Å²) in [6, 6.07) is 59.1. The van der Waals surface area contributed by atoms with Gasteiger partial charge in [-0.2, -0.15) is 0 Å². The standard InChI is InChI=1S/C52H39N5/c1-35-19-15-16-28-43(35)51-54-46(48(40-22-9-4-10-23-40)56(51)36(2)37-20-7-3-8-21-37)38-31-33-39(34-32-38)47-49(41-24-11-5-12-25-41)57-50(42-26-13-6-14-27-42)53-45-30-18-17-29-44(45)52(57)55-47/h3-16,18-28,30-34H,2,17,29H2,1H3. The van der Waals surface area contributed by atoms with E-state index in [0.717, 1.165) is 109 Å². The first-order chi connectivity index (χ1) is 28.1. The third-order valence-corrected chi connectivity index (χ3v) is 10.9. The van der Waals surface area contributed by atoms with Gasteiger partial charge in [-0.1, -0.05) is 183 Å². The van der Waals surface area contributed by atoms with E-state index >= 15 is 0 Å². The van der Waals surface area contributed by atoms with E-state index in [2.05, 4.69) is 192 Å². The molecule has 3 heterocycles. The summed E-state index contributed by atoms with van der Waals surface area (Å²) in [6.45, 7) is 6.82. The molecule has 0 spiro atoms. The van der Waals surface area contributed by atoms with Crippen LogP contribution < -0.4 is 0 Å². The van der Waals surface area contributed by atoms with Crippen LogP contribution in [0.5, 0.6) is 0 Å². The van der Waals surface area contributed by atoms with Gasteiger partial charge in [0.15, 0.2) is 0 Å². The van der Waals surface area contributed by atoms with Crippen LogP contribution in [0.1, 0.15) is 28.8 Å². The summed E-state index contributed by atoms with van der Waals surface area (Å²) < 4.78 is 4.52. The molecule has 272 valence electrons. The predicted molar refractivity (Wildman–Crippen MR) is 234 cm³/mol. The number of rotatable bonds is 8. The van der Waals surface area contributed by atoms with Crippen LogP contribution in [0.2, 0.25) is 0 Å². The monoisotopic (exact) mass is 733 g/mol. The Morgan fingerprint density at radius 1 is 0.526 bits per heavy atom. The van der Waals surface area contributed by atoms with Gasteiger partial charge in [0.2, 0.25) is 0 Å². The van der Waals surface area contributed by atoms with E-state index in [1.807, 2.05) is 12.1 Å². The molecule has 0 radical (unpaired) electrons. The Morgan fingerprint density at radius 2 is 1.07 bits per heavy atom. The Hall–Kier alpha value is -7.37. The summed E-state index contributed by atoms with van der Waals surface area (Å²) in [5.41, 5.74) is 16.3. The first-order valence-corrected chi connectivity index (χ1v) is 19.5. The van der Waals surface area contributed by atoms with Crippen LogP contribution in [0.15, 0.2) is 183 Å². The maximum Gasteiger partial charge on any atom is 0.146 e. The predicted octanol–water partition coefficient (Wildman–Crippen LogP) is 12.7. The lowest BCUT2D eigenvalue weighted by Crippen LogP contribution is -2.07. The minimum atomic E-state index is 0.853. The second kappa shape index (κ2) is 14.4. The quantitative estimate of drug-likeness (QED) is 0.156. The van der Waals surface area contributed by atoms with Crippen molar-refractivity contribution in [2.24, 2.45) is 0 Å². The summed E-state index contributed by atoms with van der Waals surface area (Å²) >= 11 is 0. The summed E-state index contributed by atoms with van der Waals surface area (Å²) in [6.07, 6.45) is 6.22. The van der Waals surface area contributed by atoms with Gasteiger partial charge in [-0.25, -0.2) is 15.0 Å². The van der Waals surface area contributed by atoms with Crippen LogP contribution >= 0.6 is 0 Å². The zero-order valence-corrected chi connectivity index (χ0v) is 31.7. The SMILES string of the molecule is C=C(c1ccccc1)n1c(-c2ccccc2C)nc(-c2ccc(-c3nc4c5c(nc(-c6ccccc6)n4c3-c3ccccc3)C=CCC5)cc2)c1-c1ccccc1. The van der Waals surface area contributed by atoms with E-state index in [4.69, 9.17) is 15.0 Å². The minimum Gasteiger partial charge on any atom is -0.292 e. The van der Waals surface area contributed by atoms with Gasteiger partial charge in [0.05, 0.1) is 28.5 Å². The number of benzene rings is 6. The second-order valence-electron chi connectivity index (χ2n) is 14.5. The van der Waals surface area contributed by atoms with Gasteiger partial charge in [0.25, 0.3) is 0 Å². The van der Waals surface area contributed by atoms with Crippen LogP contribution in [0.25, 0.3) is 85.2 Å². The first kappa shape index (κ1) is 34.1. The fourth-order valence-corrected chi connectivity index (χ4v) is 8.12. The van der Waals surface area contributed by atoms with Crippen molar-refractivity contribution >= 4 is 17.4 Å². The molecule has 0 atom stereocenters. The number of hydrogen-bond donors (Lipinski definition) is 0. The van der Waals surface area contributed by atoms with Crippen molar-refractivity contribution in [2.45, 2.75) is 19.8 Å². The largest absolute Gasteiger partial charge is 0.292 e. The van der Waals surface area contributed by atoms with Crippen LogP contribution in [0.4, 0.5) is 0 Å². The molecular weight excluding hydrogens is 695 g/mol. The van der Waals surface area contributed by atoms with E-state index < -0.39 is 0 Å². The van der Waals surface area contributed by atoms with Crippen molar-refractivity contribution in [3.8, 4) is 67.8 Å². The average molecular weight is 734 g/mol. The number of aryl methyl sites for hydroxylation is 2. The van der Waals surface area contributed by atoms with Gasteiger partial charge >= 0.3 is 0 Å². The van der Waals surface area contributed by atoms with E-state index in [-0.39, 0.29) is 0 Å². The van der Waals surface area contributed by atoms with Gasteiger partial charge in [-0.05, 0) is 37.0 Å². The van der Waals surface area contributed by atoms with E-state index in [1.165, 1.54) is 5.56 Å². The highest BCUT2D eigenvalue weighted by atomic mass is 15.1. The Kier molecular flexibility index (Phi) is 8.61. The van der Waals surface area contributed by atoms with Gasteiger partial charge in [-0.3, -0.25) is 8.97 Å². The van der Waals surface area contributed by atoms with Crippen LogP contribution in [-0.4, -0.2) is 23.9 Å². The molecule has 0 saturated heterocycles. The highest BCUT2D eigenvalue weighted by molar-refractivity contribution is 5.90. The Morgan fingerprint density at radius 3 is 1.70 bits per heavy atom. The third-order valence-electron chi connectivity index (χ3n) is 10.9. The molecule has 0 bridgehead atoms. The molecule has 5 heteroatoms. The number of allylic oxidation sites excluding steroid dienone is 1. The lowest BCUT2D eigenvalue weighted by Gasteiger charge is -2.17. The zero-order valence-electron chi connectivity index (χ0n) is 31.7. The molecule has 57 heavy (non-hydrogen) atoms. The summed E-state index contributed by atoms with van der Waals surface area (Å²) in [5.74, 6) is 1.73. The summed E-state index contributed by atoms with van der Waals surface area (Å²) in [5, 5.41) is 0. The van der Waals surface area contributed by atoms with E-state index in [9.17, 15) is 0 Å². The number of aromatic nitrogens is 5. The van der Waals surface area contributed by atoms with Crippen molar-refractivity contribution < 1.29 is 0 Å². The van der Waals surface area contributed by atoms with Crippen LogP contribution in [0, 0.1) is 6.92 Å². The normalized spacial score (nSPS) is 12.2. The summed E-state index contributed by atoms with van der Waals surface area (Å²) in [4.78, 5) is 16.3. The molecule has 3 aromatic heterocycles. The first-order valence-electron chi connectivity index (χ1n) is 19.5. The third kappa shape index (κ3) is 6.01. The smallest absolute Gasteiger partial charge is 0.146 e. The van der Waals surface area contributed by atoms with Gasteiger partial charge < -0.3 is 0 Å². The lowest BCUT2D eigenvalue weighted by atomic mass is 10.00. The zero-order chi connectivity index (χ0) is 38.3. The number of hydrogen-bond acceptors (Lipinski definition) is 3. The Balaban J connectivity index is 1.20. The van der Waals surface area contributed by atoms with Crippen molar-refractivity contribution in [1.29, 1.82) is 0 Å². The number of fused-ring (bicyclic) bond motifs is 3. The molecule has 0 saturated carbocycles.